The minimum Gasteiger partial charge on any atom is -0.434 e. The van der Waals surface area contributed by atoms with E-state index < -0.39 is 17.3 Å². The lowest BCUT2D eigenvalue weighted by molar-refractivity contribution is -0.141. The summed E-state index contributed by atoms with van der Waals surface area (Å²) < 4.78 is 46.1. The standard InChI is InChI=1S/C22H12Cl2F3N5O2/c1-9-5-15-18(29-10(9)2)20(33)19(31-32(15)11-3-4-12(23)13(24)6-11)21-30-14-8-28-17(22(25,26)27)7-16(14)34-21/h3-8H,1-2H3. The maximum atomic E-state index is 13.3. The van der Waals surface area contributed by atoms with Gasteiger partial charge in [-0.1, -0.05) is 23.2 Å². The summed E-state index contributed by atoms with van der Waals surface area (Å²) in [7, 11) is 0. The molecule has 0 radical (unpaired) electrons. The molecule has 0 aliphatic heterocycles. The number of aryl methyl sites for hydroxylation is 2. The van der Waals surface area contributed by atoms with Gasteiger partial charge >= 0.3 is 6.18 Å². The van der Waals surface area contributed by atoms with Crippen LogP contribution in [0.15, 0.2) is 45.7 Å². The number of hydrogen-bond donors (Lipinski definition) is 0. The molecule has 5 rings (SSSR count). The number of aromatic nitrogens is 5. The molecule has 1 aromatic carbocycles. The van der Waals surface area contributed by atoms with E-state index in [4.69, 9.17) is 27.6 Å². The topological polar surface area (TPSA) is 86.7 Å². The molecule has 4 aromatic heterocycles. The molecule has 0 aliphatic carbocycles. The Kier molecular flexibility index (Phi) is 5.10. The van der Waals surface area contributed by atoms with Crippen molar-refractivity contribution in [3.8, 4) is 17.3 Å². The van der Waals surface area contributed by atoms with E-state index in [0.717, 1.165) is 17.8 Å². The van der Waals surface area contributed by atoms with Gasteiger partial charge in [0.15, 0.2) is 11.3 Å². The lowest BCUT2D eigenvalue weighted by Crippen LogP contribution is -2.17. The highest BCUT2D eigenvalue weighted by Crippen LogP contribution is 2.31. The van der Waals surface area contributed by atoms with E-state index in [1.807, 2.05) is 6.92 Å². The van der Waals surface area contributed by atoms with E-state index >= 15 is 0 Å². The molecule has 34 heavy (non-hydrogen) atoms. The minimum atomic E-state index is -4.66. The number of hydrogen-bond acceptors (Lipinski definition) is 6. The maximum absolute atomic E-state index is 13.3. The van der Waals surface area contributed by atoms with Crippen LogP contribution >= 0.6 is 23.2 Å². The SMILES string of the molecule is Cc1cc2c(nc1C)c(=O)c(-c1nc3cnc(C(F)(F)F)cc3o1)nn2-c1ccc(Cl)c(Cl)c1. The van der Waals surface area contributed by atoms with Crippen molar-refractivity contribution in [3.05, 3.63) is 73.7 Å². The van der Waals surface area contributed by atoms with Crippen LogP contribution in [0.3, 0.4) is 0 Å². The van der Waals surface area contributed by atoms with Gasteiger partial charge in [-0.3, -0.25) is 4.79 Å². The molecule has 7 nitrogen and oxygen atoms in total. The second-order valence-corrected chi connectivity index (χ2v) is 8.31. The van der Waals surface area contributed by atoms with Crippen LogP contribution in [0.5, 0.6) is 0 Å². The highest BCUT2D eigenvalue weighted by Gasteiger charge is 2.33. The first-order valence-electron chi connectivity index (χ1n) is 9.74. The molecule has 0 saturated heterocycles. The molecule has 172 valence electrons. The third-order valence-electron chi connectivity index (χ3n) is 5.22. The number of rotatable bonds is 2. The van der Waals surface area contributed by atoms with E-state index in [9.17, 15) is 18.0 Å². The Hall–Kier alpha value is -3.50. The summed E-state index contributed by atoms with van der Waals surface area (Å²) in [5, 5.41) is 5.00. The van der Waals surface area contributed by atoms with Gasteiger partial charge in [0.05, 0.1) is 27.4 Å². The first-order valence-corrected chi connectivity index (χ1v) is 10.5. The summed E-state index contributed by atoms with van der Waals surface area (Å²) in [5.41, 5.74) is 0.276. The minimum absolute atomic E-state index is 0.0402. The fourth-order valence-electron chi connectivity index (χ4n) is 3.37. The molecule has 0 saturated carbocycles. The number of nitrogens with zero attached hydrogens (tertiary/aromatic N) is 5. The third-order valence-corrected chi connectivity index (χ3v) is 5.96. The Morgan fingerprint density at radius 3 is 2.50 bits per heavy atom. The fourth-order valence-corrected chi connectivity index (χ4v) is 3.66. The quantitative estimate of drug-likeness (QED) is 0.295. The van der Waals surface area contributed by atoms with Crippen LogP contribution in [0, 0.1) is 13.8 Å². The number of benzene rings is 1. The van der Waals surface area contributed by atoms with Gasteiger partial charge in [-0.2, -0.15) is 18.3 Å². The molecule has 4 heterocycles. The first kappa shape index (κ1) is 22.3. The molecule has 0 fully saturated rings. The van der Waals surface area contributed by atoms with Crippen molar-refractivity contribution in [2.45, 2.75) is 20.0 Å². The van der Waals surface area contributed by atoms with Crippen molar-refractivity contribution in [2.24, 2.45) is 0 Å². The summed E-state index contributed by atoms with van der Waals surface area (Å²) in [6.45, 7) is 3.59. The van der Waals surface area contributed by atoms with Crippen molar-refractivity contribution in [1.29, 1.82) is 0 Å². The Morgan fingerprint density at radius 1 is 1.03 bits per heavy atom. The summed E-state index contributed by atoms with van der Waals surface area (Å²) in [6, 6.07) is 7.25. The van der Waals surface area contributed by atoms with Gasteiger partial charge in [0, 0.05) is 11.8 Å². The van der Waals surface area contributed by atoms with Crippen molar-refractivity contribution in [1.82, 2.24) is 24.7 Å². The van der Waals surface area contributed by atoms with Crippen molar-refractivity contribution >= 4 is 45.3 Å². The number of pyridine rings is 2. The molecule has 12 heteroatoms. The van der Waals surface area contributed by atoms with Gasteiger partial charge < -0.3 is 4.42 Å². The Labute approximate surface area is 198 Å². The zero-order valence-electron chi connectivity index (χ0n) is 17.4. The van der Waals surface area contributed by atoms with E-state index in [2.05, 4.69) is 20.1 Å². The highest BCUT2D eigenvalue weighted by molar-refractivity contribution is 6.42. The Balaban J connectivity index is 1.81. The number of oxazole rings is 1. The van der Waals surface area contributed by atoms with Gasteiger partial charge in [0.25, 0.3) is 5.89 Å². The van der Waals surface area contributed by atoms with Crippen molar-refractivity contribution in [2.75, 3.05) is 0 Å². The van der Waals surface area contributed by atoms with Crippen LogP contribution in [0.2, 0.25) is 10.0 Å². The van der Waals surface area contributed by atoms with Crippen LogP contribution in [0.1, 0.15) is 17.0 Å². The Morgan fingerprint density at radius 2 is 1.79 bits per heavy atom. The van der Waals surface area contributed by atoms with Crippen molar-refractivity contribution in [3.63, 3.8) is 0 Å². The smallest absolute Gasteiger partial charge is 0.433 e. The molecule has 0 spiro atoms. The molecular weight excluding hydrogens is 494 g/mol. The monoisotopic (exact) mass is 505 g/mol. The van der Waals surface area contributed by atoms with E-state index in [0.29, 0.717) is 21.9 Å². The van der Waals surface area contributed by atoms with Crippen LogP contribution < -0.4 is 5.43 Å². The molecular formula is C22H12Cl2F3N5O2. The zero-order chi connectivity index (χ0) is 24.4. The number of alkyl halides is 3. The lowest BCUT2D eigenvalue weighted by Gasteiger charge is -2.13. The van der Waals surface area contributed by atoms with Crippen LogP contribution in [0.25, 0.3) is 39.4 Å². The summed E-state index contributed by atoms with van der Waals surface area (Å²) in [5.74, 6) is -0.267. The van der Waals surface area contributed by atoms with E-state index in [1.54, 1.807) is 31.2 Å². The average Bonchev–Trinajstić information content (AvgIpc) is 3.20. The lowest BCUT2D eigenvalue weighted by atomic mass is 10.2. The van der Waals surface area contributed by atoms with E-state index in [-0.39, 0.29) is 33.2 Å². The first-order chi connectivity index (χ1) is 16.0. The van der Waals surface area contributed by atoms with Crippen LogP contribution in [0.4, 0.5) is 13.2 Å². The summed E-state index contributed by atoms with van der Waals surface area (Å²) in [4.78, 5) is 25.2. The van der Waals surface area contributed by atoms with Gasteiger partial charge in [-0.05, 0) is 43.7 Å². The van der Waals surface area contributed by atoms with Gasteiger partial charge in [0.2, 0.25) is 5.43 Å². The molecule has 5 aromatic rings. The predicted molar refractivity (Wildman–Crippen MR) is 120 cm³/mol. The fraction of sp³-hybridized carbons (Fsp3) is 0.136. The van der Waals surface area contributed by atoms with Crippen LogP contribution in [-0.4, -0.2) is 24.7 Å². The number of halogens is 5. The normalized spacial score (nSPS) is 12.1. The second-order valence-electron chi connectivity index (χ2n) is 7.50. The molecule has 0 bridgehead atoms. The van der Waals surface area contributed by atoms with Crippen LogP contribution in [-0.2, 0) is 6.18 Å². The molecule has 0 amide bonds. The molecule has 0 aliphatic rings. The van der Waals surface area contributed by atoms with Crippen molar-refractivity contribution < 1.29 is 17.6 Å². The highest BCUT2D eigenvalue weighted by atomic mass is 35.5. The average molecular weight is 506 g/mol. The predicted octanol–water partition coefficient (Wildman–Crippen LogP) is 5.93. The maximum Gasteiger partial charge on any atom is 0.433 e. The summed E-state index contributed by atoms with van der Waals surface area (Å²) in [6.07, 6.45) is -3.74. The second kappa shape index (κ2) is 7.78. The van der Waals surface area contributed by atoms with Gasteiger partial charge in [-0.25, -0.2) is 19.6 Å². The Bertz CT molecular complexity index is 1680. The number of fused-ring (bicyclic) bond motifs is 2. The largest absolute Gasteiger partial charge is 0.434 e. The van der Waals surface area contributed by atoms with Gasteiger partial charge in [0.1, 0.15) is 16.7 Å². The molecule has 0 unspecified atom stereocenters. The third kappa shape index (κ3) is 3.68. The molecule has 0 atom stereocenters. The zero-order valence-corrected chi connectivity index (χ0v) is 18.9. The summed E-state index contributed by atoms with van der Waals surface area (Å²) >= 11 is 12.2. The molecule has 0 N–H and O–H groups in total. The van der Waals surface area contributed by atoms with E-state index in [1.165, 1.54) is 4.68 Å². The van der Waals surface area contributed by atoms with Gasteiger partial charge in [-0.15, -0.1) is 0 Å².